The van der Waals surface area contributed by atoms with Crippen LogP contribution in [0.15, 0.2) is 4.99 Å². The molecule has 0 fully saturated rings. The lowest BCUT2D eigenvalue weighted by atomic mass is 10.2. The molecular weight excluding hydrogens is 240 g/mol. The number of primary amides is 1. The molecule has 0 saturated heterocycles. The predicted molar refractivity (Wildman–Crippen MR) is 61.9 cm³/mol. The van der Waals surface area contributed by atoms with E-state index in [1.54, 1.807) is 0 Å². The second-order valence-corrected chi connectivity index (χ2v) is 3.89. The molecule has 0 aromatic rings. The Kier molecular flexibility index (Phi) is 6.30. The topological polar surface area (TPSA) is 111 Å². The van der Waals surface area contributed by atoms with Crippen molar-refractivity contribution in [2.24, 2.45) is 16.5 Å². The standard InChI is InChI=1S/C7H12N4O2S.ClH/c8-4(3-5(9)12)6(13)11-7-10-1-2-14-7;/h4H,1-3,8H2,(H2,9,12)(H,10,11,13);1H. The Morgan fingerprint density at radius 1 is 1.60 bits per heavy atom. The van der Waals surface area contributed by atoms with Gasteiger partial charge in [-0.1, -0.05) is 11.8 Å². The van der Waals surface area contributed by atoms with Crippen molar-refractivity contribution < 1.29 is 9.59 Å². The van der Waals surface area contributed by atoms with Crippen molar-refractivity contribution >= 4 is 41.2 Å². The number of hydrogen-bond acceptors (Lipinski definition) is 5. The number of carbonyl (C=O) groups excluding carboxylic acids is 2. The van der Waals surface area contributed by atoms with Crippen LogP contribution in [0.1, 0.15) is 6.42 Å². The molecule has 0 radical (unpaired) electrons. The lowest BCUT2D eigenvalue weighted by Crippen LogP contribution is -2.44. The van der Waals surface area contributed by atoms with Gasteiger partial charge in [-0.25, -0.2) is 0 Å². The zero-order chi connectivity index (χ0) is 10.6. The lowest BCUT2D eigenvalue weighted by Gasteiger charge is -2.09. The summed E-state index contributed by atoms with van der Waals surface area (Å²) < 4.78 is 0. The number of halogens is 1. The number of aliphatic imine (C=N–C) groups is 1. The van der Waals surface area contributed by atoms with E-state index in [2.05, 4.69) is 10.3 Å². The second kappa shape index (κ2) is 6.65. The summed E-state index contributed by atoms with van der Waals surface area (Å²) in [5, 5.41) is 3.09. The normalized spacial score (nSPS) is 16.2. The summed E-state index contributed by atoms with van der Waals surface area (Å²) in [6.45, 7) is 0.700. The minimum absolute atomic E-state index is 0. The molecule has 15 heavy (non-hydrogen) atoms. The van der Waals surface area contributed by atoms with Gasteiger partial charge >= 0.3 is 0 Å². The maximum Gasteiger partial charge on any atom is 0.243 e. The van der Waals surface area contributed by atoms with E-state index in [1.165, 1.54) is 11.8 Å². The van der Waals surface area contributed by atoms with Crippen molar-refractivity contribution in [2.75, 3.05) is 12.3 Å². The van der Waals surface area contributed by atoms with E-state index in [9.17, 15) is 9.59 Å². The minimum atomic E-state index is -0.892. The molecule has 2 amide bonds. The minimum Gasteiger partial charge on any atom is -0.370 e. The van der Waals surface area contributed by atoms with Gasteiger partial charge in [0, 0.05) is 5.75 Å². The van der Waals surface area contributed by atoms with Crippen molar-refractivity contribution in [1.82, 2.24) is 5.32 Å². The number of nitrogens with zero attached hydrogens (tertiary/aromatic N) is 1. The first-order valence-electron chi connectivity index (χ1n) is 4.11. The molecule has 1 rings (SSSR count). The van der Waals surface area contributed by atoms with Crippen molar-refractivity contribution in [3.8, 4) is 0 Å². The summed E-state index contributed by atoms with van der Waals surface area (Å²) in [6.07, 6.45) is -0.149. The molecule has 6 nitrogen and oxygen atoms in total. The first-order valence-corrected chi connectivity index (χ1v) is 5.10. The highest BCUT2D eigenvalue weighted by Crippen LogP contribution is 2.08. The molecule has 1 unspecified atom stereocenters. The van der Waals surface area contributed by atoms with Gasteiger partial charge in [-0.3, -0.25) is 14.6 Å². The first kappa shape index (κ1) is 14.2. The molecule has 5 N–H and O–H groups in total. The summed E-state index contributed by atoms with van der Waals surface area (Å²) in [7, 11) is 0. The number of amides is 2. The number of thioether (sulfide) groups is 1. The van der Waals surface area contributed by atoms with E-state index in [4.69, 9.17) is 11.5 Å². The van der Waals surface area contributed by atoms with E-state index in [0.717, 1.165) is 5.75 Å². The van der Waals surface area contributed by atoms with Gasteiger partial charge in [0.25, 0.3) is 0 Å². The Morgan fingerprint density at radius 2 is 2.27 bits per heavy atom. The number of nitrogens with one attached hydrogen (secondary N) is 1. The van der Waals surface area contributed by atoms with Crippen molar-refractivity contribution in [3.63, 3.8) is 0 Å². The molecule has 1 atom stereocenters. The largest absolute Gasteiger partial charge is 0.370 e. The molecular formula is C7H13ClN4O2S. The summed E-state index contributed by atoms with van der Waals surface area (Å²) in [4.78, 5) is 25.8. The number of amidine groups is 1. The molecule has 0 aromatic heterocycles. The van der Waals surface area contributed by atoms with Crippen LogP contribution >= 0.6 is 24.2 Å². The van der Waals surface area contributed by atoms with Crippen LogP contribution in [-0.2, 0) is 9.59 Å². The average molecular weight is 253 g/mol. The van der Waals surface area contributed by atoms with Gasteiger partial charge in [0.15, 0.2) is 5.17 Å². The molecule has 1 aliphatic rings. The Balaban J connectivity index is 0.00000196. The molecule has 0 aliphatic carbocycles. The monoisotopic (exact) mass is 252 g/mol. The highest BCUT2D eigenvalue weighted by molar-refractivity contribution is 8.14. The maximum atomic E-state index is 11.3. The smallest absolute Gasteiger partial charge is 0.243 e. The predicted octanol–water partition coefficient (Wildman–Crippen LogP) is -1.17. The van der Waals surface area contributed by atoms with E-state index < -0.39 is 17.9 Å². The summed E-state index contributed by atoms with van der Waals surface area (Å²) in [6, 6.07) is -0.892. The number of carbonyl (C=O) groups is 2. The summed E-state index contributed by atoms with van der Waals surface area (Å²) >= 11 is 1.45. The molecule has 0 bridgehead atoms. The van der Waals surface area contributed by atoms with Gasteiger partial charge < -0.3 is 16.8 Å². The maximum absolute atomic E-state index is 11.3. The molecule has 0 saturated carbocycles. The Labute approximate surface area is 97.6 Å². The van der Waals surface area contributed by atoms with Crippen LogP contribution in [0.4, 0.5) is 0 Å². The van der Waals surface area contributed by atoms with Crippen LogP contribution < -0.4 is 16.8 Å². The third kappa shape index (κ3) is 5.01. The highest BCUT2D eigenvalue weighted by atomic mass is 35.5. The van der Waals surface area contributed by atoms with E-state index >= 15 is 0 Å². The second-order valence-electron chi connectivity index (χ2n) is 2.80. The van der Waals surface area contributed by atoms with Crippen LogP contribution in [0, 0.1) is 0 Å². The molecule has 86 valence electrons. The van der Waals surface area contributed by atoms with Gasteiger partial charge in [0.1, 0.15) is 0 Å². The van der Waals surface area contributed by atoms with E-state index in [1.807, 2.05) is 0 Å². The van der Waals surface area contributed by atoms with Gasteiger partial charge in [0.2, 0.25) is 11.8 Å². The van der Waals surface area contributed by atoms with Crippen LogP contribution in [0.3, 0.4) is 0 Å². The molecule has 0 spiro atoms. The van der Waals surface area contributed by atoms with Crippen LogP contribution in [0.5, 0.6) is 0 Å². The molecule has 8 heteroatoms. The van der Waals surface area contributed by atoms with Crippen molar-refractivity contribution in [3.05, 3.63) is 0 Å². The third-order valence-electron chi connectivity index (χ3n) is 1.57. The van der Waals surface area contributed by atoms with Gasteiger partial charge in [0.05, 0.1) is 19.0 Å². The van der Waals surface area contributed by atoms with E-state index in [0.29, 0.717) is 11.7 Å². The fourth-order valence-electron chi connectivity index (χ4n) is 0.918. The summed E-state index contributed by atoms with van der Waals surface area (Å²) in [5.74, 6) is -0.147. The Bertz CT molecular complexity index is 284. The van der Waals surface area contributed by atoms with Crippen molar-refractivity contribution in [2.45, 2.75) is 12.5 Å². The quantitative estimate of drug-likeness (QED) is 0.588. The number of rotatable bonds is 3. The zero-order valence-electron chi connectivity index (χ0n) is 7.93. The van der Waals surface area contributed by atoms with Gasteiger partial charge in [-0.15, -0.1) is 12.4 Å². The van der Waals surface area contributed by atoms with Gasteiger partial charge in [-0.05, 0) is 0 Å². The Morgan fingerprint density at radius 3 is 2.73 bits per heavy atom. The molecule has 1 aliphatic heterocycles. The van der Waals surface area contributed by atoms with Gasteiger partial charge in [-0.2, -0.15) is 0 Å². The lowest BCUT2D eigenvalue weighted by molar-refractivity contribution is -0.125. The first-order chi connectivity index (χ1) is 6.59. The fraction of sp³-hybridized carbons (Fsp3) is 0.571. The van der Waals surface area contributed by atoms with E-state index in [-0.39, 0.29) is 18.8 Å². The Hall–Kier alpha value is -0.790. The van der Waals surface area contributed by atoms with Crippen LogP contribution in [-0.4, -0.2) is 35.3 Å². The molecule has 0 aromatic carbocycles. The van der Waals surface area contributed by atoms with Crippen LogP contribution in [0.25, 0.3) is 0 Å². The van der Waals surface area contributed by atoms with Crippen LogP contribution in [0.2, 0.25) is 0 Å². The third-order valence-corrected chi connectivity index (χ3v) is 2.46. The highest BCUT2D eigenvalue weighted by Gasteiger charge is 2.18. The number of nitrogens with two attached hydrogens (primary N) is 2. The SMILES string of the molecule is Cl.NC(=O)CC(N)C(=O)NC1=NCCS1. The average Bonchev–Trinajstić information content (AvgIpc) is 2.55. The zero-order valence-corrected chi connectivity index (χ0v) is 9.57. The van der Waals surface area contributed by atoms with Crippen molar-refractivity contribution in [1.29, 1.82) is 0 Å². The number of hydrogen-bond donors (Lipinski definition) is 3. The fourth-order valence-corrected chi connectivity index (χ4v) is 1.65. The summed E-state index contributed by atoms with van der Waals surface area (Å²) in [5.41, 5.74) is 10.3. The molecule has 1 heterocycles.